The van der Waals surface area contributed by atoms with Crippen LogP contribution in [0.3, 0.4) is 0 Å². The number of hydrogen-bond acceptors (Lipinski definition) is 1. The van der Waals surface area contributed by atoms with E-state index < -0.39 is 17.6 Å². The van der Waals surface area contributed by atoms with Gasteiger partial charge >= 0.3 is 6.18 Å². The minimum absolute atomic E-state index is 0.196. The van der Waals surface area contributed by atoms with Gasteiger partial charge in [-0.25, -0.2) is 4.39 Å². The minimum Gasteiger partial charge on any atom is -0.495 e. The van der Waals surface area contributed by atoms with Gasteiger partial charge in [0.15, 0.2) is 0 Å². The summed E-state index contributed by atoms with van der Waals surface area (Å²) in [7, 11) is 1.15. The predicted octanol–water partition coefficient (Wildman–Crippen LogP) is 3.51. The highest BCUT2D eigenvalue weighted by Crippen LogP contribution is 2.36. The maximum absolute atomic E-state index is 12.8. The first-order chi connectivity index (χ1) is 6.36. The Balaban J connectivity index is 3.32. The molecule has 1 aromatic rings. The highest BCUT2D eigenvalue weighted by molar-refractivity contribution is 6.32. The van der Waals surface area contributed by atoms with Crippen molar-refractivity contribution in [3.63, 3.8) is 0 Å². The number of hydrogen-bond donors (Lipinski definition) is 0. The molecule has 1 rings (SSSR count). The Morgan fingerprint density at radius 1 is 1.29 bits per heavy atom. The molecular formula is C8H5ClF4O. The fraction of sp³-hybridized carbons (Fsp3) is 0.250. The van der Waals surface area contributed by atoms with Crippen molar-refractivity contribution in [1.82, 2.24) is 0 Å². The van der Waals surface area contributed by atoms with E-state index in [1.54, 1.807) is 0 Å². The molecule has 0 spiro atoms. The van der Waals surface area contributed by atoms with Crippen LogP contribution in [-0.4, -0.2) is 7.11 Å². The molecule has 0 aliphatic heterocycles. The average Bonchev–Trinajstić information content (AvgIpc) is 2.02. The second-order valence-corrected chi connectivity index (χ2v) is 2.87. The van der Waals surface area contributed by atoms with E-state index in [0.29, 0.717) is 12.1 Å². The van der Waals surface area contributed by atoms with Crippen molar-refractivity contribution >= 4 is 11.6 Å². The van der Waals surface area contributed by atoms with Crippen molar-refractivity contribution in [3.05, 3.63) is 28.5 Å². The molecule has 14 heavy (non-hydrogen) atoms. The highest BCUT2D eigenvalue weighted by atomic mass is 35.5. The zero-order valence-electron chi connectivity index (χ0n) is 6.95. The van der Waals surface area contributed by atoms with Crippen LogP contribution in [-0.2, 0) is 6.18 Å². The van der Waals surface area contributed by atoms with Crippen molar-refractivity contribution < 1.29 is 22.3 Å². The van der Waals surface area contributed by atoms with Crippen molar-refractivity contribution in [2.24, 2.45) is 0 Å². The van der Waals surface area contributed by atoms with Gasteiger partial charge in [-0.2, -0.15) is 13.2 Å². The number of rotatable bonds is 1. The largest absolute Gasteiger partial charge is 0.495 e. The van der Waals surface area contributed by atoms with Crippen LogP contribution in [0.25, 0.3) is 0 Å². The van der Waals surface area contributed by atoms with Gasteiger partial charge < -0.3 is 4.74 Å². The molecule has 0 atom stereocenters. The van der Waals surface area contributed by atoms with Gasteiger partial charge in [0, 0.05) is 0 Å². The van der Waals surface area contributed by atoms with Crippen LogP contribution in [0.5, 0.6) is 5.75 Å². The third-order valence-electron chi connectivity index (χ3n) is 1.55. The first-order valence-electron chi connectivity index (χ1n) is 3.46. The van der Waals surface area contributed by atoms with Gasteiger partial charge in [0.05, 0.1) is 17.7 Å². The maximum atomic E-state index is 12.8. The van der Waals surface area contributed by atoms with Crippen LogP contribution < -0.4 is 4.74 Å². The monoisotopic (exact) mass is 228 g/mol. The van der Waals surface area contributed by atoms with Crippen LogP contribution >= 0.6 is 11.6 Å². The van der Waals surface area contributed by atoms with Gasteiger partial charge in [-0.1, -0.05) is 11.6 Å². The lowest BCUT2D eigenvalue weighted by Gasteiger charge is -2.10. The van der Waals surface area contributed by atoms with E-state index in [-0.39, 0.29) is 10.8 Å². The summed E-state index contributed by atoms with van der Waals surface area (Å²) in [4.78, 5) is 0. The summed E-state index contributed by atoms with van der Waals surface area (Å²) < 4.78 is 53.8. The van der Waals surface area contributed by atoms with Gasteiger partial charge in [0.1, 0.15) is 11.6 Å². The van der Waals surface area contributed by atoms with E-state index in [1.807, 2.05) is 0 Å². The molecule has 0 fully saturated rings. The minimum atomic E-state index is -4.75. The number of methoxy groups -OCH3 is 1. The molecule has 0 saturated carbocycles. The molecule has 0 saturated heterocycles. The Bertz CT molecular complexity index is 348. The molecule has 0 amide bonds. The van der Waals surface area contributed by atoms with Crippen LogP contribution in [0.1, 0.15) is 5.56 Å². The van der Waals surface area contributed by atoms with Gasteiger partial charge in [-0.05, 0) is 12.1 Å². The molecule has 0 aromatic heterocycles. The SMILES string of the molecule is COc1cc(C(F)(F)F)c(F)cc1Cl. The smallest absolute Gasteiger partial charge is 0.419 e. The molecule has 0 radical (unpaired) electrons. The van der Waals surface area contributed by atoms with Crippen molar-refractivity contribution in [3.8, 4) is 5.75 Å². The Kier molecular flexibility index (Phi) is 2.89. The molecule has 0 bridgehead atoms. The van der Waals surface area contributed by atoms with Gasteiger partial charge in [0.2, 0.25) is 0 Å². The fourth-order valence-electron chi connectivity index (χ4n) is 0.903. The summed E-state index contributed by atoms with van der Waals surface area (Å²) in [6.07, 6.45) is -4.75. The quantitative estimate of drug-likeness (QED) is 0.669. The number of halogens is 5. The molecule has 78 valence electrons. The van der Waals surface area contributed by atoms with E-state index >= 15 is 0 Å². The maximum Gasteiger partial charge on any atom is 0.419 e. The number of ether oxygens (including phenoxy) is 1. The molecule has 0 aliphatic carbocycles. The molecule has 0 heterocycles. The first-order valence-corrected chi connectivity index (χ1v) is 3.84. The molecule has 0 aliphatic rings. The lowest BCUT2D eigenvalue weighted by molar-refractivity contribution is -0.140. The van der Waals surface area contributed by atoms with Crippen molar-refractivity contribution in [2.45, 2.75) is 6.18 Å². The third-order valence-corrected chi connectivity index (χ3v) is 1.84. The number of alkyl halides is 3. The summed E-state index contributed by atoms with van der Waals surface area (Å²) in [6, 6.07) is 1.10. The van der Waals surface area contributed by atoms with Gasteiger partial charge in [-0.3, -0.25) is 0 Å². The summed E-state index contributed by atoms with van der Waals surface area (Å²) in [5, 5.41) is -0.196. The summed E-state index contributed by atoms with van der Waals surface area (Å²) in [5.74, 6) is -1.62. The van der Waals surface area contributed by atoms with Crippen molar-refractivity contribution in [1.29, 1.82) is 0 Å². The highest BCUT2D eigenvalue weighted by Gasteiger charge is 2.35. The zero-order valence-corrected chi connectivity index (χ0v) is 7.71. The normalized spacial score (nSPS) is 11.6. The summed E-state index contributed by atoms with van der Waals surface area (Å²) >= 11 is 5.42. The summed E-state index contributed by atoms with van der Waals surface area (Å²) in [5.41, 5.74) is -1.39. The van der Waals surface area contributed by atoms with Crippen LogP contribution in [0.2, 0.25) is 5.02 Å². The second-order valence-electron chi connectivity index (χ2n) is 2.46. The van der Waals surface area contributed by atoms with Crippen LogP contribution in [0, 0.1) is 5.82 Å². The van der Waals surface area contributed by atoms with Gasteiger partial charge in [-0.15, -0.1) is 0 Å². The third kappa shape index (κ3) is 2.09. The topological polar surface area (TPSA) is 9.23 Å². The Hall–Kier alpha value is -0.970. The van der Waals surface area contributed by atoms with E-state index in [2.05, 4.69) is 4.74 Å². The standard InChI is InChI=1S/C8H5ClF4O/c1-14-7-2-4(8(11,12)13)6(10)3-5(7)9/h2-3H,1H3. The van der Waals surface area contributed by atoms with Crippen molar-refractivity contribution in [2.75, 3.05) is 7.11 Å². The second kappa shape index (κ2) is 3.65. The summed E-state index contributed by atoms with van der Waals surface area (Å²) in [6.45, 7) is 0. The Morgan fingerprint density at radius 3 is 2.29 bits per heavy atom. The Morgan fingerprint density at radius 2 is 1.86 bits per heavy atom. The first kappa shape index (κ1) is 11.1. The lowest BCUT2D eigenvalue weighted by Crippen LogP contribution is -2.08. The average molecular weight is 229 g/mol. The van der Waals surface area contributed by atoms with E-state index in [4.69, 9.17) is 11.6 Å². The molecule has 0 unspecified atom stereocenters. The molecular weight excluding hydrogens is 224 g/mol. The lowest BCUT2D eigenvalue weighted by atomic mass is 10.2. The van der Waals surface area contributed by atoms with E-state index in [0.717, 1.165) is 7.11 Å². The predicted molar refractivity (Wildman–Crippen MR) is 43.0 cm³/mol. The molecule has 1 nitrogen and oxygen atoms in total. The van der Waals surface area contributed by atoms with Crippen LogP contribution in [0.15, 0.2) is 12.1 Å². The van der Waals surface area contributed by atoms with E-state index in [1.165, 1.54) is 0 Å². The fourth-order valence-corrected chi connectivity index (χ4v) is 1.13. The molecule has 6 heteroatoms. The molecule has 1 aromatic carbocycles. The van der Waals surface area contributed by atoms with Crippen LogP contribution in [0.4, 0.5) is 17.6 Å². The van der Waals surface area contributed by atoms with Gasteiger partial charge in [0.25, 0.3) is 0 Å². The zero-order chi connectivity index (χ0) is 10.9. The van der Waals surface area contributed by atoms with E-state index in [9.17, 15) is 17.6 Å². The molecule has 0 N–H and O–H groups in total. The Labute approximate surface area is 82.2 Å². The number of benzene rings is 1.